The Labute approximate surface area is 231 Å². The van der Waals surface area contributed by atoms with Crippen molar-refractivity contribution < 1.29 is 17.9 Å². The zero-order valence-corrected chi connectivity index (χ0v) is 24.4. The van der Waals surface area contributed by atoms with Gasteiger partial charge in [0.1, 0.15) is 0 Å². The smallest absolute Gasteiger partial charge is 0.233 e. The lowest BCUT2D eigenvalue weighted by Crippen LogP contribution is -2.39. The maximum absolute atomic E-state index is 13.5. The number of morpholine rings is 1. The number of benzene rings is 2. The van der Waals surface area contributed by atoms with E-state index in [0.717, 1.165) is 59.5 Å². The van der Waals surface area contributed by atoms with Crippen LogP contribution in [0.25, 0.3) is 10.2 Å². The molecule has 196 valence electrons. The van der Waals surface area contributed by atoms with Crippen molar-refractivity contribution in [1.82, 2.24) is 9.88 Å². The summed E-state index contributed by atoms with van der Waals surface area (Å²) in [6, 6.07) is 12.6. The fourth-order valence-corrected chi connectivity index (χ4v) is 6.57. The van der Waals surface area contributed by atoms with Gasteiger partial charge in [0, 0.05) is 30.7 Å². The van der Waals surface area contributed by atoms with Gasteiger partial charge < -0.3 is 4.74 Å². The fraction of sp³-hybridized carbons (Fsp3) is 0.440. The Balaban J connectivity index is 0.00000361. The predicted molar refractivity (Wildman–Crippen MR) is 151 cm³/mol. The first kappa shape index (κ1) is 29.0. The molecule has 0 aliphatic carbocycles. The molecular formula is C25H31BrClN3O4S2. The highest BCUT2D eigenvalue weighted by molar-refractivity contribution is 9.10. The summed E-state index contributed by atoms with van der Waals surface area (Å²) in [5.74, 6) is -0.0513. The fourth-order valence-electron chi connectivity index (χ4n) is 3.95. The minimum absolute atomic E-state index is 0. The molecule has 1 aliphatic heterocycles. The maximum atomic E-state index is 13.5. The van der Waals surface area contributed by atoms with Gasteiger partial charge in [0.2, 0.25) is 5.91 Å². The average Bonchev–Trinajstić information content (AvgIpc) is 3.25. The number of carbonyl (C=O) groups is 1. The van der Waals surface area contributed by atoms with Gasteiger partial charge in [-0.3, -0.25) is 14.6 Å². The Bertz CT molecular complexity index is 1280. The number of aromatic nitrogens is 1. The molecule has 2 aromatic carbocycles. The number of nitrogens with zero attached hydrogens (tertiary/aromatic N) is 3. The van der Waals surface area contributed by atoms with E-state index >= 15 is 0 Å². The molecule has 7 nitrogen and oxygen atoms in total. The number of halogens is 2. The monoisotopic (exact) mass is 615 g/mol. The van der Waals surface area contributed by atoms with Gasteiger partial charge in [-0.2, -0.15) is 0 Å². The molecule has 1 fully saturated rings. The van der Waals surface area contributed by atoms with Crippen LogP contribution in [0.3, 0.4) is 0 Å². The Morgan fingerprint density at radius 1 is 1.17 bits per heavy atom. The third kappa shape index (κ3) is 7.05. The van der Waals surface area contributed by atoms with Crippen molar-refractivity contribution in [3.8, 4) is 0 Å². The number of hydrogen-bond donors (Lipinski definition) is 0. The lowest BCUT2D eigenvalue weighted by molar-refractivity contribution is -0.118. The van der Waals surface area contributed by atoms with E-state index in [9.17, 15) is 13.2 Å². The van der Waals surface area contributed by atoms with Crippen molar-refractivity contribution in [2.24, 2.45) is 0 Å². The van der Waals surface area contributed by atoms with Crippen molar-refractivity contribution >= 4 is 70.8 Å². The molecular weight excluding hydrogens is 586 g/mol. The number of amides is 1. The van der Waals surface area contributed by atoms with Crippen LogP contribution in [-0.2, 0) is 25.8 Å². The van der Waals surface area contributed by atoms with E-state index in [1.165, 1.54) is 11.3 Å². The Morgan fingerprint density at radius 2 is 1.86 bits per heavy atom. The van der Waals surface area contributed by atoms with Crippen LogP contribution >= 0.6 is 39.7 Å². The quantitative estimate of drug-likeness (QED) is 0.338. The van der Waals surface area contributed by atoms with Crippen LogP contribution < -0.4 is 4.90 Å². The van der Waals surface area contributed by atoms with Crippen LogP contribution in [0, 0.1) is 0 Å². The van der Waals surface area contributed by atoms with Crippen LogP contribution in [-0.4, -0.2) is 68.9 Å². The van der Waals surface area contributed by atoms with Crippen LogP contribution in [0.5, 0.6) is 0 Å². The third-order valence-electron chi connectivity index (χ3n) is 6.06. The highest BCUT2D eigenvalue weighted by Gasteiger charge is 2.22. The minimum Gasteiger partial charge on any atom is -0.379 e. The van der Waals surface area contributed by atoms with Crippen molar-refractivity contribution in [3.05, 3.63) is 52.5 Å². The van der Waals surface area contributed by atoms with Gasteiger partial charge in [-0.25, -0.2) is 13.4 Å². The summed E-state index contributed by atoms with van der Waals surface area (Å²) in [5.41, 5.74) is 1.64. The number of rotatable bonds is 9. The lowest BCUT2D eigenvalue weighted by Gasteiger charge is -2.27. The van der Waals surface area contributed by atoms with Gasteiger partial charge in [-0.05, 0) is 56.2 Å². The van der Waals surface area contributed by atoms with Crippen molar-refractivity contribution in [2.45, 2.75) is 36.8 Å². The van der Waals surface area contributed by atoms with Crippen LogP contribution in [0.15, 0.2) is 51.8 Å². The zero-order valence-electron chi connectivity index (χ0n) is 20.4. The van der Waals surface area contributed by atoms with Crippen molar-refractivity contribution in [1.29, 1.82) is 0 Å². The zero-order chi connectivity index (χ0) is 25.0. The van der Waals surface area contributed by atoms with E-state index in [-0.39, 0.29) is 29.6 Å². The van der Waals surface area contributed by atoms with E-state index in [1.54, 1.807) is 43.0 Å². The maximum Gasteiger partial charge on any atom is 0.233 e. The molecule has 0 radical (unpaired) electrons. The summed E-state index contributed by atoms with van der Waals surface area (Å²) < 4.78 is 32.3. The first-order valence-corrected chi connectivity index (χ1v) is 14.9. The van der Waals surface area contributed by atoms with Crippen LogP contribution in [0.2, 0.25) is 0 Å². The number of anilines is 1. The SMILES string of the molecule is CC(C)S(=O)(=O)c1ccc(CC(=O)N(CCCN2CCOCC2)c2nc3ccc(Br)cc3s2)cc1.Cl. The van der Waals surface area contributed by atoms with Crippen LogP contribution in [0.1, 0.15) is 25.8 Å². The minimum atomic E-state index is -3.34. The van der Waals surface area contributed by atoms with Gasteiger partial charge in [0.25, 0.3) is 0 Å². The molecule has 0 unspecified atom stereocenters. The summed E-state index contributed by atoms with van der Waals surface area (Å²) in [4.78, 5) is 22.6. The van der Waals surface area contributed by atoms with Gasteiger partial charge >= 0.3 is 0 Å². The van der Waals surface area contributed by atoms with Gasteiger partial charge in [-0.15, -0.1) is 12.4 Å². The first-order valence-electron chi connectivity index (χ1n) is 11.7. The number of hydrogen-bond acceptors (Lipinski definition) is 7. The molecule has 0 bridgehead atoms. The number of ether oxygens (including phenoxy) is 1. The van der Waals surface area contributed by atoms with Gasteiger partial charge in [0.05, 0.1) is 40.0 Å². The number of thiazole rings is 1. The molecule has 0 saturated carbocycles. The highest BCUT2D eigenvalue weighted by atomic mass is 79.9. The summed E-state index contributed by atoms with van der Waals surface area (Å²) in [6.07, 6.45) is 1.01. The molecule has 36 heavy (non-hydrogen) atoms. The Kier molecular flexibility index (Phi) is 10.3. The summed E-state index contributed by atoms with van der Waals surface area (Å²) in [6.45, 7) is 8.11. The van der Waals surface area contributed by atoms with Gasteiger partial charge in [-0.1, -0.05) is 39.4 Å². The molecule has 1 saturated heterocycles. The van der Waals surface area contributed by atoms with Crippen molar-refractivity contribution in [3.63, 3.8) is 0 Å². The standard InChI is InChI=1S/C25H30BrN3O4S2.ClH/c1-18(2)35(31,32)21-7-4-19(5-8-21)16-24(30)29(11-3-10-28-12-14-33-15-13-28)25-27-22-9-6-20(26)17-23(22)34-25;/h4-9,17-18H,3,10-16H2,1-2H3;1H. The van der Waals surface area contributed by atoms with Crippen LogP contribution in [0.4, 0.5) is 5.13 Å². The van der Waals surface area contributed by atoms with E-state index in [2.05, 4.69) is 20.8 Å². The lowest BCUT2D eigenvalue weighted by atomic mass is 10.1. The highest BCUT2D eigenvalue weighted by Crippen LogP contribution is 2.31. The summed E-state index contributed by atoms with van der Waals surface area (Å²) in [7, 11) is -3.34. The van der Waals surface area contributed by atoms with Crippen molar-refractivity contribution in [2.75, 3.05) is 44.3 Å². The normalized spacial score (nSPS) is 14.7. The number of carbonyl (C=O) groups excluding carboxylic acids is 1. The molecule has 1 amide bonds. The third-order valence-corrected chi connectivity index (χ3v) is 9.76. The molecule has 4 rings (SSSR count). The summed E-state index contributed by atoms with van der Waals surface area (Å²) >= 11 is 5.01. The number of fused-ring (bicyclic) bond motifs is 1. The van der Waals surface area contributed by atoms with E-state index < -0.39 is 15.1 Å². The van der Waals surface area contributed by atoms with Gasteiger partial charge in [0.15, 0.2) is 15.0 Å². The predicted octanol–water partition coefficient (Wildman–Crippen LogP) is 4.96. The largest absolute Gasteiger partial charge is 0.379 e. The molecule has 3 aromatic rings. The Hall–Kier alpha value is -1.56. The second-order valence-electron chi connectivity index (χ2n) is 8.88. The molecule has 0 N–H and O–H groups in total. The van der Waals surface area contributed by atoms with E-state index in [4.69, 9.17) is 9.72 Å². The average molecular weight is 617 g/mol. The second-order valence-corrected chi connectivity index (χ2v) is 13.3. The molecule has 0 atom stereocenters. The molecule has 1 aromatic heterocycles. The molecule has 11 heteroatoms. The van der Waals surface area contributed by atoms with E-state index in [0.29, 0.717) is 11.7 Å². The van der Waals surface area contributed by atoms with E-state index in [1.807, 2.05) is 18.2 Å². The summed E-state index contributed by atoms with van der Waals surface area (Å²) in [5, 5.41) is 0.195. The Morgan fingerprint density at radius 3 is 2.53 bits per heavy atom. The topological polar surface area (TPSA) is 79.8 Å². The molecule has 0 spiro atoms. The molecule has 2 heterocycles. The second kappa shape index (κ2) is 12.8. The molecule has 1 aliphatic rings. The number of sulfone groups is 1. The first-order chi connectivity index (χ1) is 16.7.